The molecule has 24 heavy (non-hydrogen) atoms. The molecule has 1 amide bonds. The van der Waals surface area contributed by atoms with Gasteiger partial charge in [0.15, 0.2) is 0 Å². The standard InChI is InChI=1S/C13H18N3O6PS/c1-3-6-24-9-4-5-10-11(7-9)16(8-22-23(18,19)20)12(14-10)15-13(17)21-2/h4-5,7H,3,6,8H2,1-2H3,(H,14,15,17)(H2,18,19,20). The van der Waals surface area contributed by atoms with Crippen LogP contribution in [0.25, 0.3) is 11.0 Å². The molecule has 0 radical (unpaired) electrons. The van der Waals surface area contributed by atoms with Crippen molar-refractivity contribution in [3.05, 3.63) is 18.2 Å². The number of ether oxygens (including phenoxy) is 1. The van der Waals surface area contributed by atoms with Crippen molar-refractivity contribution in [2.45, 2.75) is 25.0 Å². The van der Waals surface area contributed by atoms with E-state index in [-0.39, 0.29) is 5.95 Å². The largest absolute Gasteiger partial charge is 0.471 e. The number of benzene rings is 1. The molecule has 2 rings (SSSR count). The number of nitrogens with one attached hydrogen (secondary N) is 1. The van der Waals surface area contributed by atoms with E-state index < -0.39 is 20.6 Å². The monoisotopic (exact) mass is 375 g/mol. The second-order valence-electron chi connectivity index (χ2n) is 4.73. The molecule has 1 heterocycles. The number of carbonyl (C=O) groups excluding carboxylic acids is 1. The van der Waals surface area contributed by atoms with E-state index >= 15 is 0 Å². The molecule has 2 aromatic rings. The van der Waals surface area contributed by atoms with Crippen molar-refractivity contribution in [1.29, 1.82) is 0 Å². The fraction of sp³-hybridized carbons (Fsp3) is 0.385. The minimum atomic E-state index is -4.67. The number of methoxy groups -OCH3 is 1. The van der Waals surface area contributed by atoms with Crippen LogP contribution in [0, 0.1) is 0 Å². The first kappa shape index (κ1) is 18.8. The average Bonchev–Trinajstić information content (AvgIpc) is 2.86. The van der Waals surface area contributed by atoms with Crippen LogP contribution in [0.5, 0.6) is 0 Å². The molecular formula is C13H18N3O6PS. The number of fused-ring (bicyclic) bond motifs is 1. The minimum absolute atomic E-state index is 0.0722. The van der Waals surface area contributed by atoms with E-state index in [2.05, 4.69) is 26.5 Å². The average molecular weight is 375 g/mol. The molecule has 9 nitrogen and oxygen atoms in total. The summed E-state index contributed by atoms with van der Waals surface area (Å²) in [5.74, 6) is 1.01. The number of hydrogen-bond donors (Lipinski definition) is 3. The van der Waals surface area contributed by atoms with E-state index in [1.165, 1.54) is 11.7 Å². The van der Waals surface area contributed by atoms with Crippen LogP contribution in [-0.4, -0.2) is 38.3 Å². The Labute approximate surface area is 142 Å². The Hall–Kier alpha value is -1.58. The summed E-state index contributed by atoms with van der Waals surface area (Å²) in [6.45, 7) is 1.60. The van der Waals surface area contributed by atoms with Crippen molar-refractivity contribution < 1.29 is 28.4 Å². The number of aromatic nitrogens is 2. The first-order valence-electron chi connectivity index (χ1n) is 7.02. The van der Waals surface area contributed by atoms with Crippen LogP contribution in [0.1, 0.15) is 13.3 Å². The van der Waals surface area contributed by atoms with Crippen LogP contribution in [0.2, 0.25) is 0 Å². The molecule has 3 N–H and O–H groups in total. The van der Waals surface area contributed by atoms with Gasteiger partial charge in [-0.2, -0.15) is 0 Å². The third kappa shape index (κ3) is 4.96. The smallest absolute Gasteiger partial charge is 0.453 e. The first-order chi connectivity index (χ1) is 11.3. The molecule has 0 bridgehead atoms. The summed E-state index contributed by atoms with van der Waals surface area (Å²) in [6, 6.07) is 5.49. The van der Waals surface area contributed by atoms with Gasteiger partial charge in [0.1, 0.15) is 6.73 Å². The summed E-state index contributed by atoms with van der Waals surface area (Å²) < 4.78 is 21.4. The molecule has 0 unspecified atom stereocenters. The number of rotatable bonds is 7. The summed E-state index contributed by atoms with van der Waals surface area (Å²) in [7, 11) is -3.47. The van der Waals surface area contributed by atoms with Crippen LogP contribution < -0.4 is 5.32 Å². The van der Waals surface area contributed by atoms with Crippen LogP contribution >= 0.6 is 19.6 Å². The highest BCUT2D eigenvalue weighted by molar-refractivity contribution is 7.99. The van der Waals surface area contributed by atoms with Gasteiger partial charge in [-0.1, -0.05) is 6.92 Å². The van der Waals surface area contributed by atoms with E-state index in [0.717, 1.165) is 17.1 Å². The van der Waals surface area contributed by atoms with E-state index in [9.17, 15) is 9.36 Å². The molecule has 1 aromatic heterocycles. The summed E-state index contributed by atoms with van der Waals surface area (Å²) in [5.41, 5.74) is 1.13. The number of carbonyl (C=O) groups is 1. The van der Waals surface area contributed by atoms with Crippen LogP contribution in [-0.2, 0) is 20.6 Å². The Kier molecular flexibility index (Phi) is 6.25. The summed E-state index contributed by atoms with van der Waals surface area (Å²) in [6.07, 6.45) is 0.265. The SMILES string of the molecule is CCCSc1ccc2nc(NC(=O)OC)n(COP(=O)(O)O)c2c1. The number of phosphoric ester groups is 1. The Bertz CT molecular complexity index is 774. The van der Waals surface area contributed by atoms with Gasteiger partial charge >= 0.3 is 13.9 Å². The lowest BCUT2D eigenvalue weighted by molar-refractivity contribution is 0.157. The number of imidazole rings is 1. The summed E-state index contributed by atoms with van der Waals surface area (Å²) in [4.78, 5) is 34.5. The predicted octanol–water partition coefficient (Wildman–Crippen LogP) is 2.78. The van der Waals surface area contributed by atoms with Gasteiger partial charge in [-0.05, 0) is 30.4 Å². The van der Waals surface area contributed by atoms with Gasteiger partial charge in [-0.3, -0.25) is 14.4 Å². The van der Waals surface area contributed by atoms with Gasteiger partial charge in [0, 0.05) is 4.90 Å². The maximum absolute atomic E-state index is 11.4. The normalized spacial score (nSPS) is 11.7. The van der Waals surface area contributed by atoms with Gasteiger partial charge in [0.2, 0.25) is 5.95 Å². The molecule has 0 fully saturated rings. The zero-order valence-corrected chi connectivity index (χ0v) is 14.8. The highest BCUT2D eigenvalue weighted by Gasteiger charge is 2.19. The van der Waals surface area contributed by atoms with Gasteiger partial charge < -0.3 is 14.5 Å². The zero-order chi connectivity index (χ0) is 17.7. The Morgan fingerprint density at radius 1 is 1.46 bits per heavy atom. The number of anilines is 1. The van der Waals surface area contributed by atoms with Crippen LogP contribution in [0.15, 0.2) is 23.1 Å². The van der Waals surface area contributed by atoms with Crippen molar-refractivity contribution in [2.75, 3.05) is 18.2 Å². The van der Waals surface area contributed by atoms with Crippen molar-refractivity contribution >= 4 is 42.7 Å². The lowest BCUT2D eigenvalue weighted by atomic mass is 10.3. The molecule has 132 valence electrons. The number of nitrogens with zero attached hydrogens (tertiary/aromatic N) is 2. The van der Waals surface area contributed by atoms with Crippen molar-refractivity contribution in [2.24, 2.45) is 0 Å². The van der Waals surface area contributed by atoms with E-state index in [0.29, 0.717) is 11.0 Å². The molecule has 0 saturated carbocycles. The Balaban J connectivity index is 2.41. The maximum atomic E-state index is 11.4. The summed E-state index contributed by atoms with van der Waals surface area (Å²) in [5, 5.41) is 2.40. The van der Waals surface area contributed by atoms with Crippen LogP contribution in [0.3, 0.4) is 0 Å². The van der Waals surface area contributed by atoms with Gasteiger partial charge in [0.25, 0.3) is 0 Å². The lowest BCUT2D eigenvalue weighted by Gasteiger charge is -2.11. The number of thioether (sulfide) groups is 1. The fourth-order valence-electron chi connectivity index (χ4n) is 1.91. The molecule has 0 aliphatic carbocycles. The number of phosphoric acid groups is 1. The van der Waals surface area contributed by atoms with Gasteiger partial charge in [0.05, 0.1) is 18.1 Å². The first-order valence-corrected chi connectivity index (χ1v) is 9.53. The van der Waals surface area contributed by atoms with Crippen LogP contribution in [0.4, 0.5) is 10.7 Å². The quantitative estimate of drug-likeness (QED) is 0.499. The van der Waals surface area contributed by atoms with Crippen molar-refractivity contribution in [1.82, 2.24) is 9.55 Å². The van der Waals surface area contributed by atoms with Gasteiger partial charge in [-0.25, -0.2) is 14.3 Å². The predicted molar refractivity (Wildman–Crippen MR) is 89.9 cm³/mol. The molecule has 0 aliphatic heterocycles. The minimum Gasteiger partial charge on any atom is -0.453 e. The Morgan fingerprint density at radius 2 is 2.21 bits per heavy atom. The molecule has 0 saturated heterocycles. The van der Waals surface area contributed by atoms with E-state index in [1.807, 2.05) is 12.1 Å². The second kappa shape index (κ2) is 8.00. The van der Waals surface area contributed by atoms with Crippen molar-refractivity contribution in [3.63, 3.8) is 0 Å². The highest BCUT2D eigenvalue weighted by Crippen LogP contribution is 2.37. The third-order valence-corrected chi connectivity index (χ3v) is 4.60. The summed E-state index contributed by atoms with van der Waals surface area (Å²) >= 11 is 1.65. The highest BCUT2D eigenvalue weighted by atomic mass is 32.2. The molecular weight excluding hydrogens is 357 g/mol. The lowest BCUT2D eigenvalue weighted by Crippen LogP contribution is -2.16. The van der Waals surface area contributed by atoms with E-state index in [4.69, 9.17) is 9.79 Å². The number of hydrogen-bond acceptors (Lipinski definition) is 6. The molecule has 11 heteroatoms. The fourth-order valence-corrected chi connectivity index (χ4v) is 2.98. The molecule has 0 spiro atoms. The Morgan fingerprint density at radius 3 is 2.83 bits per heavy atom. The third-order valence-electron chi connectivity index (χ3n) is 2.95. The van der Waals surface area contributed by atoms with Gasteiger partial charge in [-0.15, -0.1) is 11.8 Å². The van der Waals surface area contributed by atoms with E-state index in [1.54, 1.807) is 17.8 Å². The second-order valence-corrected chi connectivity index (χ2v) is 7.14. The molecule has 0 atom stereocenters. The number of amides is 1. The topological polar surface area (TPSA) is 123 Å². The molecule has 0 aliphatic rings. The van der Waals surface area contributed by atoms with Crippen molar-refractivity contribution in [3.8, 4) is 0 Å². The molecule has 1 aromatic carbocycles. The maximum Gasteiger partial charge on any atom is 0.471 e. The zero-order valence-electron chi connectivity index (χ0n) is 13.1.